The largest absolute Gasteiger partial charge is 0.496 e. The average molecular weight is 281 g/mol. The molecule has 20 heavy (non-hydrogen) atoms. The molecular weight excluding hydrogens is 260 g/mol. The topological polar surface area (TPSA) is 53.7 Å². The first-order chi connectivity index (χ1) is 9.19. The molecule has 0 amide bonds. The molecule has 1 unspecified atom stereocenters. The van der Waals surface area contributed by atoms with Crippen LogP contribution >= 0.6 is 0 Å². The Kier molecular flexibility index (Phi) is 3.84. The molecule has 0 aliphatic carbocycles. The molecule has 1 atom stereocenters. The Morgan fingerprint density at radius 3 is 2.25 bits per heavy atom. The first kappa shape index (κ1) is 15.3. The second-order valence-corrected chi connectivity index (χ2v) is 6.01. The highest BCUT2D eigenvalue weighted by atomic mass is 19.1. The van der Waals surface area contributed by atoms with E-state index in [1.54, 1.807) is 12.1 Å². The van der Waals surface area contributed by atoms with Gasteiger partial charge in [0, 0.05) is 5.56 Å². The lowest BCUT2D eigenvalue weighted by Gasteiger charge is -2.32. The van der Waals surface area contributed by atoms with Crippen LogP contribution in [0.15, 0.2) is 18.2 Å². The van der Waals surface area contributed by atoms with Crippen molar-refractivity contribution in [2.75, 3.05) is 7.11 Å². The predicted molar refractivity (Wildman–Crippen MR) is 76.0 cm³/mol. The summed E-state index contributed by atoms with van der Waals surface area (Å²) < 4.78 is 31.0. The molecule has 0 aromatic heterocycles. The molecule has 2 rings (SSSR count). The van der Waals surface area contributed by atoms with Crippen molar-refractivity contribution < 1.29 is 18.4 Å². The highest BCUT2D eigenvalue weighted by molar-refractivity contribution is 6.47. The molecule has 0 spiro atoms. The molecule has 1 aromatic carbocycles. The van der Waals surface area contributed by atoms with Crippen LogP contribution in [0.3, 0.4) is 0 Å². The Morgan fingerprint density at radius 2 is 1.75 bits per heavy atom. The van der Waals surface area contributed by atoms with Gasteiger partial charge in [-0.1, -0.05) is 6.07 Å². The van der Waals surface area contributed by atoms with Crippen LogP contribution in [0.5, 0.6) is 5.75 Å². The van der Waals surface area contributed by atoms with Gasteiger partial charge in [-0.3, -0.25) is 0 Å². The molecule has 1 heterocycles. The number of hydrogen-bond donors (Lipinski definition) is 1. The lowest BCUT2D eigenvalue weighted by molar-refractivity contribution is 0.00578. The minimum Gasteiger partial charge on any atom is -0.496 e. The van der Waals surface area contributed by atoms with E-state index in [1.807, 2.05) is 27.7 Å². The van der Waals surface area contributed by atoms with Crippen LogP contribution in [0.1, 0.15) is 39.2 Å². The molecule has 0 bridgehead atoms. The highest BCUT2D eigenvalue weighted by Crippen LogP contribution is 2.41. The fourth-order valence-corrected chi connectivity index (χ4v) is 2.19. The molecule has 4 nitrogen and oxygen atoms in total. The van der Waals surface area contributed by atoms with E-state index in [0.29, 0.717) is 5.75 Å². The second kappa shape index (κ2) is 5.02. The summed E-state index contributed by atoms with van der Waals surface area (Å²) in [6.45, 7) is 7.72. The van der Waals surface area contributed by atoms with Crippen molar-refractivity contribution in [2.45, 2.75) is 44.8 Å². The van der Waals surface area contributed by atoms with E-state index >= 15 is 0 Å². The quantitative estimate of drug-likeness (QED) is 0.865. The van der Waals surface area contributed by atoms with Gasteiger partial charge in [0.15, 0.2) is 0 Å². The minimum atomic E-state index is -0.757. The molecule has 1 saturated heterocycles. The number of nitrogens with two attached hydrogens (primary N) is 1. The Balaban J connectivity index is 2.32. The van der Waals surface area contributed by atoms with Crippen LogP contribution in [-0.2, 0) is 9.31 Å². The SMILES string of the molecule is COc1cccc(F)c1C(N)B1OC(C)(C)C(C)(C)O1. The zero-order valence-electron chi connectivity index (χ0n) is 12.6. The maximum Gasteiger partial charge on any atom is 0.480 e. The molecule has 1 aromatic rings. The van der Waals surface area contributed by atoms with E-state index in [2.05, 4.69) is 0 Å². The van der Waals surface area contributed by atoms with Crippen molar-refractivity contribution in [1.29, 1.82) is 0 Å². The van der Waals surface area contributed by atoms with Gasteiger partial charge in [0.05, 0.1) is 24.3 Å². The van der Waals surface area contributed by atoms with Crippen LogP contribution in [0.25, 0.3) is 0 Å². The lowest BCUT2D eigenvalue weighted by atomic mass is 9.74. The molecule has 1 aliphatic rings. The Bertz CT molecular complexity index is 491. The molecular formula is C14H21BFNO3. The van der Waals surface area contributed by atoms with Gasteiger partial charge in [-0.2, -0.15) is 0 Å². The minimum absolute atomic E-state index is 0.272. The molecule has 110 valence electrons. The summed E-state index contributed by atoms with van der Waals surface area (Å²) in [5, 5.41) is 0. The fraction of sp³-hybridized carbons (Fsp3) is 0.571. The third kappa shape index (κ3) is 2.43. The van der Waals surface area contributed by atoms with Crippen molar-refractivity contribution in [3.63, 3.8) is 0 Å². The normalized spacial score (nSPS) is 21.9. The predicted octanol–water partition coefficient (Wildman–Crippen LogP) is 2.47. The first-order valence-corrected chi connectivity index (χ1v) is 6.63. The number of methoxy groups -OCH3 is 1. The summed E-state index contributed by atoms with van der Waals surface area (Å²) in [6.07, 6.45) is 0. The number of hydrogen-bond acceptors (Lipinski definition) is 4. The van der Waals surface area contributed by atoms with Crippen LogP contribution in [0.4, 0.5) is 4.39 Å². The average Bonchev–Trinajstić information content (AvgIpc) is 2.57. The van der Waals surface area contributed by atoms with E-state index < -0.39 is 30.1 Å². The van der Waals surface area contributed by atoms with E-state index in [1.165, 1.54) is 13.2 Å². The number of rotatable bonds is 3. The summed E-state index contributed by atoms with van der Waals surface area (Å²) in [6, 6.07) is 4.60. The van der Waals surface area contributed by atoms with Crippen LogP contribution in [0, 0.1) is 5.82 Å². The molecule has 6 heteroatoms. The maximum absolute atomic E-state index is 14.1. The Labute approximate surface area is 119 Å². The molecule has 1 aliphatic heterocycles. The van der Waals surface area contributed by atoms with Crippen molar-refractivity contribution >= 4 is 7.12 Å². The smallest absolute Gasteiger partial charge is 0.480 e. The summed E-state index contributed by atoms with van der Waals surface area (Å²) in [5.74, 6) is -0.786. The van der Waals surface area contributed by atoms with Crippen LogP contribution < -0.4 is 10.5 Å². The Hall–Kier alpha value is -1.11. The molecule has 1 fully saturated rings. The van der Waals surface area contributed by atoms with Crippen LogP contribution in [-0.4, -0.2) is 25.4 Å². The fourth-order valence-electron chi connectivity index (χ4n) is 2.19. The standard InChI is InChI=1S/C14H21BFNO3/c1-13(2)14(3,4)20-15(19-13)12(17)11-9(16)7-6-8-10(11)18-5/h6-8,12H,17H2,1-5H3. The van der Waals surface area contributed by atoms with Gasteiger partial charge in [0.25, 0.3) is 0 Å². The Morgan fingerprint density at radius 1 is 1.20 bits per heavy atom. The van der Waals surface area contributed by atoms with Crippen molar-refractivity contribution in [2.24, 2.45) is 5.73 Å². The molecule has 0 radical (unpaired) electrons. The highest BCUT2D eigenvalue weighted by Gasteiger charge is 2.54. The summed E-state index contributed by atoms with van der Waals surface area (Å²) in [7, 11) is 0.765. The van der Waals surface area contributed by atoms with Gasteiger partial charge in [-0.15, -0.1) is 0 Å². The van der Waals surface area contributed by atoms with Crippen LogP contribution in [0.2, 0.25) is 0 Å². The monoisotopic (exact) mass is 281 g/mol. The zero-order valence-corrected chi connectivity index (χ0v) is 12.6. The van der Waals surface area contributed by atoms with E-state index in [-0.39, 0.29) is 5.56 Å². The van der Waals surface area contributed by atoms with Gasteiger partial charge in [-0.05, 0) is 39.8 Å². The first-order valence-electron chi connectivity index (χ1n) is 6.63. The van der Waals surface area contributed by atoms with Gasteiger partial charge in [-0.25, -0.2) is 4.39 Å². The molecule has 0 saturated carbocycles. The van der Waals surface area contributed by atoms with Crippen molar-refractivity contribution in [3.8, 4) is 5.75 Å². The zero-order chi connectivity index (χ0) is 15.1. The van der Waals surface area contributed by atoms with Crippen molar-refractivity contribution in [1.82, 2.24) is 0 Å². The van der Waals surface area contributed by atoms with Gasteiger partial charge in [0.1, 0.15) is 11.6 Å². The third-order valence-electron chi connectivity index (χ3n) is 4.13. The molecule has 2 N–H and O–H groups in total. The number of ether oxygens (including phenoxy) is 1. The van der Waals surface area contributed by atoms with Crippen molar-refractivity contribution in [3.05, 3.63) is 29.6 Å². The van der Waals surface area contributed by atoms with E-state index in [9.17, 15) is 4.39 Å². The summed E-state index contributed by atoms with van der Waals surface area (Å²) in [4.78, 5) is 0. The number of benzene rings is 1. The van der Waals surface area contributed by atoms with Gasteiger partial charge < -0.3 is 19.8 Å². The van der Waals surface area contributed by atoms with Gasteiger partial charge >= 0.3 is 7.12 Å². The maximum atomic E-state index is 14.1. The lowest BCUT2D eigenvalue weighted by Crippen LogP contribution is -2.41. The summed E-state index contributed by atoms with van der Waals surface area (Å²) in [5.41, 5.74) is 5.41. The van der Waals surface area contributed by atoms with Gasteiger partial charge in [0.2, 0.25) is 0 Å². The van der Waals surface area contributed by atoms with E-state index in [0.717, 1.165) is 0 Å². The second-order valence-electron chi connectivity index (χ2n) is 6.01. The van der Waals surface area contributed by atoms with E-state index in [4.69, 9.17) is 19.8 Å². The summed E-state index contributed by atoms with van der Waals surface area (Å²) >= 11 is 0. The third-order valence-corrected chi connectivity index (χ3v) is 4.13. The number of halogens is 1.